The number of carboxylic acid groups (broad SMARTS) is 1. The van der Waals surface area contributed by atoms with Gasteiger partial charge in [0.25, 0.3) is 11.8 Å². The van der Waals surface area contributed by atoms with Crippen LogP contribution in [0.25, 0.3) is 16.6 Å². The van der Waals surface area contributed by atoms with Crippen LogP contribution in [0.3, 0.4) is 0 Å². The summed E-state index contributed by atoms with van der Waals surface area (Å²) >= 11 is 0. The molecule has 104 heavy (non-hydrogen) atoms. The van der Waals surface area contributed by atoms with Crippen molar-refractivity contribution in [2.45, 2.75) is 179 Å². The van der Waals surface area contributed by atoms with Crippen molar-refractivity contribution >= 4 is 76.5 Å². The smallest absolute Gasteiger partial charge is 0.410 e. The Morgan fingerprint density at radius 2 is 0.923 bits per heavy atom. The zero-order chi connectivity index (χ0) is 73.7. The minimum atomic E-state index is -0.890. The Hall–Kier alpha value is -9.57. The first-order valence-electron chi connectivity index (χ1n) is 34.9. The predicted octanol–water partition coefficient (Wildman–Crippen LogP) is 14.2. The summed E-state index contributed by atoms with van der Waals surface area (Å²) in [5.74, 6) is -2.86. The number of halogens is 3. The van der Waals surface area contributed by atoms with Gasteiger partial charge in [0, 0.05) is 118 Å². The van der Waals surface area contributed by atoms with Crippen molar-refractivity contribution in [3.8, 4) is 0 Å². The number of carboxylic acids is 1. The van der Waals surface area contributed by atoms with Crippen molar-refractivity contribution in [1.29, 1.82) is 0 Å². The molecule has 564 valence electrons. The van der Waals surface area contributed by atoms with Crippen LogP contribution in [0.5, 0.6) is 0 Å². The molecule has 6 aromatic heterocycles. The van der Waals surface area contributed by atoms with Gasteiger partial charge in [-0.2, -0.15) is 0 Å². The zero-order valence-corrected chi connectivity index (χ0v) is 61.8. The number of likely N-dealkylation sites (N-methyl/N-ethyl adjacent to an activating group) is 1. The van der Waals surface area contributed by atoms with E-state index >= 15 is 0 Å². The number of amides is 7. The summed E-state index contributed by atoms with van der Waals surface area (Å²) in [7, 11) is 1.49. The van der Waals surface area contributed by atoms with E-state index in [4.69, 9.17) is 9.84 Å². The maximum atomic E-state index is 14.3. The van der Waals surface area contributed by atoms with Crippen molar-refractivity contribution in [2.75, 3.05) is 46.3 Å². The molecule has 10 rings (SSSR count). The molecule has 23 heteroatoms. The lowest BCUT2D eigenvalue weighted by Crippen LogP contribution is -2.59. The number of aromatic carboxylic acids is 1. The molecule has 0 spiro atoms. The Bertz CT molecular complexity index is 4090. The van der Waals surface area contributed by atoms with Crippen LogP contribution in [-0.4, -0.2) is 172 Å². The molecule has 20 nitrogen and oxygen atoms in total. The van der Waals surface area contributed by atoms with Gasteiger partial charge in [0.15, 0.2) is 0 Å². The van der Waals surface area contributed by atoms with Crippen LogP contribution >= 0.6 is 12.4 Å². The topological polar surface area (TPSA) is 220 Å². The monoisotopic (exact) mass is 1450 g/mol. The highest BCUT2D eigenvalue weighted by atomic mass is 35.5. The number of pyridine rings is 3. The van der Waals surface area contributed by atoms with Crippen LogP contribution in [0, 0.1) is 28.4 Å². The number of ether oxygens (including phenoxy) is 1. The number of likely N-dealkylation sites (tertiary alicyclic amines) is 2. The fourth-order valence-electron chi connectivity index (χ4n) is 12.4. The first-order valence-corrected chi connectivity index (χ1v) is 34.9. The summed E-state index contributed by atoms with van der Waals surface area (Å²) in [6, 6.07) is 32.3. The molecular formula is C81H109ClF2N10O10. The quantitative estimate of drug-likeness (QED) is 0.0618. The van der Waals surface area contributed by atoms with E-state index in [0.29, 0.717) is 81.6 Å². The number of nitrogens with one attached hydrogen (secondary N) is 2. The molecule has 2 aromatic carbocycles. The fourth-order valence-corrected chi connectivity index (χ4v) is 12.4. The van der Waals surface area contributed by atoms with Crippen molar-refractivity contribution in [2.24, 2.45) is 16.7 Å². The van der Waals surface area contributed by atoms with Gasteiger partial charge in [0.05, 0.1) is 16.7 Å². The minimum absolute atomic E-state index is 0. The molecule has 0 bridgehead atoms. The third kappa shape index (κ3) is 22.7. The molecule has 2 saturated heterocycles. The van der Waals surface area contributed by atoms with Gasteiger partial charge >= 0.3 is 12.1 Å². The molecule has 2 aliphatic rings. The number of carbonyl (C=O) groups excluding carboxylic acids is 7. The van der Waals surface area contributed by atoms with Crippen LogP contribution in [0.2, 0.25) is 0 Å². The zero-order valence-electron chi connectivity index (χ0n) is 61.0. The number of carbonyl (C=O) groups is 8. The Morgan fingerprint density at radius 3 is 1.27 bits per heavy atom. The molecule has 6 atom stereocenters. The van der Waals surface area contributed by atoms with Gasteiger partial charge < -0.3 is 53.3 Å². The van der Waals surface area contributed by atoms with Crippen molar-refractivity contribution in [3.05, 3.63) is 198 Å². The average molecular weight is 1460 g/mol. The second-order valence-corrected chi connectivity index (χ2v) is 29.7. The molecule has 3 N–H and O–H groups in total. The maximum Gasteiger partial charge on any atom is 0.410 e. The molecular weight excluding hydrogens is 1350 g/mol. The van der Waals surface area contributed by atoms with Crippen molar-refractivity contribution in [3.63, 3.8) is 0 Å². The summed E-state index contributed by atoms with van der Waals surface area (Å²) < 4.78 is 38.1. The fraction of sp³-hybridized carbons (Fsp3) is 0.457. The van der Waals surface area contributed by atoms with E-state index in [1.165, 1.54) is 36.2 Å². The van der Waals surface area contributed by atoms with E-state index in [1.54, 1.807) is 84.6 Å². The number of aromatic nitrogens is 3. The summed E-state index contributed by atoms with van der Waals surface area (Å²) in [6.07, 6.45) is 15.1. The second-order valence-electron chi connectivity index (χ2n) is 29.7. The average Bonchev–Trinajstić information content (AvgIpc) is 1.63. The highest BCUT2D eigenvalue weighted by Crippen LogP contribution is 2.30. The van der Waals surface area contributed by atoms with Crippen LogP contribution in [0.15, 0.2) is 159 Å². The number of fused-ring (bicyclic) bond motifs is 3. The first-order chi connectivity index (χ1) is 47.7. The van der Waals surface area contributed by atoms with Gasteiger partial charge in [-0.15, -0.1) is 12.4 Å². The molecule has 0 radical (unpaired) electrons. The number of hydrogen-bond donors (Lipinski definition) is 3. The maximum absolute atomic E-state index is 14.3. The van der Waals surface area contributed by atoms with E-state index in [2.05, 4.69) is 10.6 Å². The van der Waals surface area contributed by atoms with E-state index in [-0.39, 0.29) is 86.4 Å². The standard InChI is InChI=1S/C37H50FN5O5.C33H43FN4O3.C9H7NO2.2CH4.ClH/c1-25(40(8)35(47)48-37(5,6)7)32(44)39-31(36(2,3)4)34(46)43-20-11-13-30(43)24-42(21-18-26-14-16-28(38)17-15-26)33(45)27-22-29-12-9-10-19-41(29)23-27;1-6-23(2)30(39)35-29(33(3,4)5)32(41)38-18-9-11-28(38)22-37(19-16-24-12-14-26(34)15-13-24)31(40)25-20-27-10-7-8-17-36(27)21-25;11-9(12)7-5-8-3-1-2-4-10(8)6-7;;;/h9-10,12,14-17,19,22-23,25,30-31H,11,13,18,20-21,24H2,1-8H3,(H,39,44);7-8,10,12-15,17,20-21,23,28-29H,6,9,11,16,18-19,22H2,1-5H3,(H,35,39);1-6H,(H,11,12);2*1H4;1H/t25-,30-,31+;23-,28+,29-;;;;/m01..../s1. The van der Waals surface area contributed by atoms with Crippen molar-refractivity contribution < 1.29 is 57.0 Å². The van der Waals surface area contributed by atoms with Crippen molar-refractivity contribution in [1.82, 2.24) is 48.3 Å². The number of nitrogens with zero attached hydrogens (tertiary/aromatic N) is 8. The normalized spacial score (nSPS) is 15.4. The van der Waals surface area contributed by atoms with E-state index in [1.807, 2.05) is 166 Å². The third-order valence-corrected chi connectivity index (χ3v) is 18.7. The van der Waals surface area contributed by atoms with Gasteiger partial charge in [-0.05, 0) is 173 Å². The van der Waals surface area contributed by atoms with Gasteiger partial charge in [0.2, 0.25) is 23.6 Å². The number of hydrogen-bond acceptors (Lipinski definition) is 9. The van der Waals surface area contributed by atoms with Gasteiger partial charge in [-0.3, -0.25) is 33.7 Å². The summed E-state index contributed by atoms with van der Waals surface area (Å²) in [4.78, 5) is 114. The second kappa shape index (κ2) is 37.2. The Kier molecular flexibility index (Phi) is 30.5. The minimum Gasteiger partial charge on any atom is -0.478 e. The molecule has 0 aliphatic carbocycles. The van der Waals surface area contributed by atoms with E-state index in [9.17, 15) is 47.1 Å². The molecule has 0 saturated carbocycles. The molecule has 2 aliphatic heterocycles. The van der Waals surface area contributed by atoms with Crippen LogP contribution in [0.1, 0.15) is 172 Å². The Labute approximate surface area is 618 Å². The predicted molar refractivity (Wildman–Crippen MR) is 407 cm³/mol. The van der Waals surface area contributed by atoms with Crippen LogP contribution < -0.4 is 10.6 Å². The SMILES string of the molecule is C.C.CC[C@@H](C)C(=O)N[C@H](C(=O)N1CCC[C@H]1CN(CCc1ccc(F)cc1)C(=O)c1cc2ccccn2c1)C(C)(C)C.C[C@@H](C(=O)N[C@H](C(=O)N1CCC[C@H]1CN(CCc1ccc(F)cc1)C(=O)c1cc2ccccn2c1)C(C)(C)C)N(C)C(=O)OC(C)(C)C.Cl.O=C(O)c1cc2ccccn2c1. The number of benzene rings is 2. The molecule has 2 fully saturated rings. The molecule has 8 aromatic rings. The van der Waals surface area contributed by atoms with Gasteiger partial charge in [0.1, 0.15) is 35.4 Å². The summed E-state index contributed by atoms with van der Waals surface area (Å²) in [5.41, 5.74) is 4.16. The lowest BCUT2D eigenvalue weighted by molar-refractivity contribution is -0.141. The highest BCUT2D eigenvalue weighted by molar-refractivity contribution is 5.97. The van der Waals surface area contributed by atoms with Crippen LogP contribution in [0.4, 0.5) is 13.6 Å². The van der Waals surface area contributed by atoms with E-state index < -0.39 is 52.5 Å². The molecule has 8 heterocycles. The van der Waals surface area contributed by atoms with Crippen LogP contribution in [-0.2, 0) is 36.8 Å². The lowest BCUT2D eigenvalue weighted by Gasteiger charge is -2.38. The summed E-state index contributed by atoms with van der Waals surface area (Å²) in [5, 5.41) is 14.6. The third-order valence-electron chi connectivity index (χ3n) is 18.7. The van der Waals surface area contributed by atoms with Gasteiger partial charge in [-0.25, -0.2) is 18.4 Å². The number of rotatable bonds is 21. The lowest BCUT2D eigenvalue weighted by atomic mass is 9.85. The van der Waals surface area contributed by atoms with E-state index in [0.717, 1.165) is 46.9 Å². The first kappa shape index (κ1) is 85.1. The highest BCUT2D eigenvalue weighted by Gasteiger charge is 2.43. The molecule has 7 amide bonds. The Morgan fingerprint density at radius 1 is 0.558 bits per heavy atom. The largest absolute Gasteiger partial charge is 0.478 e. The summed E-state index contributed by atoms with van der Waals surface area (Å²) in [6.45, 7) is 24.8. The van der Waals surface area contributed by atoms with Gasteiger partial charge in [-0.1, -0.05) is 113 Å². The Balaban J connectivity index is 0.000000315. The molecule has 0 unspecified atom stereocenters.